The predicted molar refractivity (Wildman–Crippen MR) is 118 cm³/mol. The molecule has 0 unspecified atom stereocenters. The van der Waals surface area contributed by atoms with E-state index in [9.17, 15) is 4.79 Å². The summed E-state index contributed by atoms with van der Waals surface area (Å²) in [7, 11) is 0. The van der Waals surface area contributed by atoms with Gasteiger partial charge in [-0.25, -0.2) is 0 Å². The van der Waals surface area contributed by atoms with Gasteiger partial charge < -0.3 is 9.42 Å². The zero-order valence-electron chi connectivity index (χ0n) is 16.7. The van der Waals surface area contributed by atoms with Crippen molar-refractivity contribution in [2.45, 2.75) is 44.7 Å². The number of benzene rings is 2. The Morgan fingerprint density at radius 2 is 1.80 bits per heavy atom. The van der Waals surface area contributed by atoms with Crippen LogP contribution in [0.3, 0.4) is 0 Å². The van der Waals surface area contributed by atoms with E-state index < -0.39 is 0 Å². The number of hydrogen-bond donors (Lipinski definition) is 0. The molecule has 0 atom stereocenters. The summed E-state index contributed by atoms with van der Waals surface area (Å²) in [5.41, 5.74) is 1.83. The number of carbonyl (C=O) groups is 1. The van der Waals surface area contributed by atoms with Crippen LogP contribution in [0.1, 0.15) is 43.6 Å². The molecule has 1 saturated carbocycles. The summed E-state index contributed by atoms with van der Waals surface area (Å²) in [4.78, 5) is 19.4. The average Bonchev–Trinajstić information content (AvgIpc) is 3.26. The first-order valence-electron chi connectivity index (χ1n) is 10.3. The van der Waals surface area contributed by atoms with Crippen molar-refractivity contribution < 1.29 is 9.32 Å². The maximum absolute atomic E-state index is 13.1. The number of amides is 1. The third-order valence-corrected chi connectivity index (χ3v) is 5.64. The number of hydrogen-bond acceptors (Lipinski definition) is 4. The highest BCUT2D eigenvalue weighted by Crippen LogP contribution is 2.25. The van der Waals surface area contributed by atoms with Crippen LogP contribution < -0.4 is 0 Å². The molecule has 1 aliphatic rings. The lowest BCUT2D eigenvalue weighted by molar-refractivity contribution is -0.130. The maximum atomic E-state index is 13.1. The van der Waals surface area contributed by atoms with Crippen LogP contribution >= 0.6 is 11.6 Å². The van der Waals surface area contributed by atoms with E-state index in [1.807, 2.05) is 53.4 Å². The first kappa shape index (κ1) is 20.4. The summed E-state index contributed by atoms with van der Waals surface area (Å²) >= 11 is 5.95. The van der Waals surface area contributed by atoms with Crippen molar-refractivity contribution in [2.24, 2.45) is 0 Å². The molecule has 1 aromatic heterocycles. The molecule has 30 heavy (non-hydrogen) atoms. The molecule has 0 aliphatic heterocycles. The second kappa shape index (κ2) is 9.72. The summed E-state index contributed by atoms with van der Waals surface area (Å²) in [6, 6.07) is 17.3. The zero-order chi connectivity index (χ0) is 20.8. The van der Waals surface area contributed by atoms with Crippen molar-refractivity contribution in [3.8, 4) is 11.4 Å². The van der Waals surface area contributed by atoms with Crippen LogP contribution in [-0.4, -0.2) is 27.0 Å². The van der Waals surface area contributed by atoms with Gasteiger partial charge >= 0.3 is 0 Å². The summed E-state index contributed by atoms with van der Waals surface area (Å²) in [6.07, 6.45) is 8.99. The van der Waals surface area contributed by atoms with Crippen molar-refractivity contribution in [2.75, 3.05) is 0 Å². The molecule has 2 aromatic carbocycles. The Bertz CT molecular complexity index is 993. The summed E-state index contributed by atoms with van der Waals surface area (Å²) in [5.74, 6) is 0.904. The van der Waals surface area contributed by atoms with Crippen LogP contribution in [0.4, 0.5) is 0 Å². The van der Waals surface area contributed by atoms with Gasteiger partial charge in [0.2, 0.25) is 17.6 Å². The second-order valence-electron chi connectivity index (χ2n) is 7.52. The SMILES string of the molecule is O=C(/C=C/c1ccccc1)N(Cc1nc(-c2ccc(Cl)cc2)no1)C1CCCCC1. The Morgan fingerprint density at radius 1 is 1.07 bits per heavy atom. The highest BCUT2D eigenvalue weighted by Gasteiger charge is 2.26. The maximum Gasteiger partial charge on any atom is 0.247 e. The monoisotopic (exact) mass is 421 g/mol. The molecule has 0 bridgehead atoms. The van der Waals surface area contributed by atoms with Crippen LogP contribution in [0.2, 0.25) is 5.02 Å². The van der Waals surface area contributed by atoms with Crippen molar-refractivity contribution >= 4 is 23.6 Å². The molecule has 0 N–H and O–H groups in total. The lowest BCUT2D eigenvalue weighted by Crippen LogP contribution is -2.40. The van der Waals surface area contributed by atoms with Gasteiger partial charge in [0.05, 0.1) is 0 Å². The number of rotatable bonds is 6. The quantitative estimate of drug-likeness (QED) is 0.474. The summed E-state index contributed by atoms with van der Waals surface area (Å²) in [6.45, 7) is 0.309. The van der Waals surface area contributed by atoms with Crippen molar-refractivity contribution in [3.63, 3.8) is 0 Å². The second-order valence-corrected chi connectivity index (χ2v) is 7.96. The molecule has 0 saturated heterocycles. The van der Waals surface area contributed by atoms with Gasteiger partial charge in [-0.3, -0.25) is 4.79 Å². The molecule has 6 heteroatoms. The number of halogens is 1. The highest BCUT2D eigenvalue weighted by atomic mass is 35.5. The summed E-state index contributed by atoms with van der Waals surface area (Å²) in [5, 5.41) is 4.74. The average molecular weight is 422 g/mol. The Morgan fingerprint density at radius 3 is 2.53 bits per heavy atom. The molecule has 0 spiro atoms. The normalized spacial score (nSPS) is 14.8. The predicted octanol–water partition coefficient (Wildman–Crippen LogP) is 5.76. The molecular weight excluding hydrogens is 398 g/mol. The summed E-state index contributed by atoms with van der Waals surface area (Å²) < 4.78 is 5.47. The van der Waals surface area contributed by atoms with E-state index in [0.29, 0.717) is 23.3 Å². The minimum Gasteiger partial charge on any atom is -0.337 e. The van der Waals surface area contributed by atoms with Gasteiger partial charge in [0, 0.05) is 22.7 Å². The van der Waals surface area contributed by atoms with E-state index in [0.717, 1.165) is 36.8 Å². The van der Waals surface area contributed by atoms with Gasteiger partial charge in [-0.2, -0.15) is 4.98 Å². The first-order valence-corrected chi connectivity index (χ1v) is 10.7. The standard InChI is InChI=1S/C24H24ClN3O2/c25-20-14-12-19(13-15-20)24-26-22(30-27-24)17-28(21-9-5-2-6-10-21)23(29)16-11-18-7-3-1-4-8-18/h1,3-4,7-8,11-16,21H,2,5-6,9-10,17H2/b16-11+. The van der Waals surface area contributed by atoms with Gasteiger partial charge in [0.25, 0.3) is 0 Å². The molecule has 1 aliphatic carbocycles. The Hall–Kier alpha value is -2.92. The van der Waals surface area contributed by atoms with Gasteiger partial charge in [0.1, 0.15) is 6.54 Å². The number of carbonyl (C=O) groups excluding carboxylic acids is 1. The Kier molecular flexibility index (Phi) is 6.60. The van der Waals surface area contributed by atoms with Crippen LogP contribution in [0, 0.1) is 0 Å². The fourth-order valence-corrected chi connectivity index (χ4v) is 3.91. The molecule has 154 valence electrons. The highest BCUT2D eigenvalue weighted by molar-refractivity contribution is 6.30. The van der Waals surface area contributed by atoms with E-state index in [1.54, 1.807) is 18.2 Å². The van der Waals surface area contributed by atoms with E-state index in [4.69, 9.17) is 16.1 Å². The van der Waals surface area contributed by atoms with Gasteiger partial charge in [-0.05, 0) is 48.7 Å². The lowest BCUT2D eigenvalue weighted by Gasteiger charge is -2.32. The third-order valence-electron chi connectivity index (χ3n) is 5.39. The Labute approximate surface area is 181 Å². The molecule has 0 radical (unpaired) electrons. The van der Waals surface area contributed by atoms with E-state index >= 15 is 0 Å². The molecule has 1 heterocycles. The molecule has 1 amide bonds. The van der Waals surface area contributed by atoms with Crippen LogP contribution in [0.5, 0.6) is 0 Å². The molecule has 3 aromatic rings. The molecule has 4 rings (SSSR count). The third kappa shape index (κ3) is 5.16. The van der Waals surface area contributed by atoms with Gasteiger partial charge in [-0.15, -0.1) is 0 Å². The molecule has 1 fully saturated rings. The van der Waals surface area contributed by atoms with Crippen LogP contribution in [0.15, 0.2) is 65.2 Å². The number of nitrogens with zero attached hydrogens (tertiary/aromatic N) is 3. The van der Waals surface area contributed by atoms with Crippen molar-refractivity contribution in [1.82, 2.24) is 15.0 Å². The van der Waals surface area contributed by atoms with Gasteiger partial charge in [-0.1, -0.05) is 66.4 Å². The fraction of sp³-hybridized carbons (Fsp3) is 0.292. The van der Waals surface area contributed by atoms with Crippen molar-refractivity contribution in [1.29, 1.82) is 0 Å². The van der Waals surface area contributed by atoms with E-state index in [-0.39, 0.29) is 11.9 Å². The molecular formula is C24H24ClN3O2. The zero-order valence-corrected chi connectivity index (χ0v) is 17.5. The van der Waals surface area contributed by atoms with Crippen LogP contribution in [0.25, 0.3) is 17.5 Å². The first-order chi connectivity index (χ1) is 14.7. The topological polar surface area (TPSA) is 59.2 Å². The Balaban J connectivity index is 1.52. The van der Waals surface area contributed by atoms with Crippen molar-refractivity contribution in [3.05, 3.63) is 77.2 Å². The largest absolute Gasteiger partial charge is 0.337 e. The van der Waals surface area contributed by atoms with E-state index in [1.165, 1.54) is 6.42 Å². The van der Waals surface area contributed by atoms with Gasteiger partial charge in [0.15, 0.2) is 0 Å². The lowest BCUT2D eigenvalue weighted by atomic mass is 9.94. The minimum atomic E-state index is -0.0306. The smallest absolute Gasteiger partial charge is 0.247 e. The number of aromatic nitrogens is 2. The molecule has 5 nitrogen and oxygen atoms in total. The van der Waals surface area contributed by atoms with Crippen LogP contribution in [-0.2, 0) is 11.3 Å². The van der Waals surface area contributed by atoms with E-state index in [2.05, 4.69) is 10.1 Å². The fourth-order valence-electron chi connectivity index (χ4n) is 3.79. The minimum absolute atomic E-state index is 0.0306.